The molecule has 1 unspecified atom stereocenters. The smallest absolute Gasteiger partial charge is 0.326 e. The van der Waals surface area contributed by atoms with E-state index in [9.17, 15) is 14.4 Å². The second kappa shape index (κ2) is 9.70. The van der Waals surface area contributed by atoms with E-state index in [1.807, 2.05) is 6.92 Å². The molecule has 1 aromatic rings. The van der Waals surface area contributed by atoms with Gasteiger partial charge in [0, 0.05) is 18.5 Å². The molecular weight excluding hydrogens is 308 g/mol. The van der Waals surface area contributed by atoms with Crippen LogP contribution in [0.15, 0.2) is 24.3 Å². The van der Waals surface area contributed by atoms with Crippen molar-refractivity contribution in [1.29, 1.82) is 0 Å². The van der Waals surface area contributed by atoms with E-state index in [0.717, 1.165) is 18.4 Å². The van der Waals surface area contributed by atoms with Crippen molar-refractivity contribution in [1.82, 2.24) is 10.6 Å². The second-order valence-electron chi connectivity index (χ2n) is 6.11. The van der Waals surface area contributed by atoms with Gasteiger partial charge in [-0.15, -0.1) is 0 Å². The van der Waals surface area contributed by atoms with Crippen LogP contribution < -0.4 is 10.6 Å². The highest BCUT2D eigenvalue weighted by Crippen LogP contribution is 2.08. The Morgan fingerprint density at radius 3 is 2.25 bits per heavy atom. The largest absolute Gasteiger partial charge is 0.480 e. The summed E-state index contributed by atoms with van der Waals surface area (Å²) in [6, 6.07) is 5.83. The molecule has 2 amide bonds. The highest BCUT2D eigenvalue weighted by molar-refractivity contribution is 5.96. The van der Waals surface area contributed by atoms with E-state index in [2.05, 4.69) is 10.6 Å². The van der Waals surface area contributed by atoms with Crippen molar-refractivity contribution in [2.24, 2.45) is 5.92 Å². The van der Waals surface area contributed by atoms with Gasteiger partial charge in [0.2, 0.25) is 5.91 Å². The third kappa shape index (κ3) is 6.40. The maximum absolute atomic E-state index is 12.1. The third-order valence-corrected chi connectivity index (χ3v) is 3.68. The molecule has 132 valence electrons. The lowest BCUT2D eigenvalue weighted by Crippen LogP contribution is -2.44. The van der Waals surface area contributed by atoms with Gasteiger partial charge in [-0.2, -0.15) is 0 Å². The molecule has 6 nitrogen and oxygen atoms in total. The second-order valence-corrected chi connectivity index (χ2v) is 6.11. The zero-order chi connectivity index (χ0) is 18.1. The van der Waals surface area contributed by atoms with Gasteiger partial charge in [-0.25, -0.2) is 4.79 Å². The molecule has 6 heteroatoms. The number of hydrogen-bond donors (Lipinski definition) is 3. The fraction of sp³-hybridized carbons (Fsp3) is 0.500. The molecular formula is C18H26N2O4. The number of carbonyl (C=O) groups is 3. The van der Waals surface area contributed by atoms with Crippen LogP contribution in [-0.2, 0) is 16.1 Å². The van der Waals surface area contributed by atoms with Crippen LogP contribution in [0.1, 0.15) is 56.0 Å². The number of carboxylic acid groups (broad SMARTS) is 1. The summed E-state index contributed by atoms with van der Waals surface area (Å²) < 4.78 is 0. The van der Waals surface area contributed by atoms with Crippen LogP contribution >= 0.6 is 0 Å². The Labute approximate surface area is 142 Å². The summed E-state index contributed by atoms with van der Waals surface area (Å²) in [5.41, 5.74) is 1.28. The maximum atomic E-state index is 12.1. The van der Waals surface area contributed by atoms with Crippen LogP contribution in [0.25, 0.3) is 0 Å². The van der Waals surface area contributed by atoms with Crippen molar-refractivity contribution in [3.63, 3.8) is 0 Å². The fourth-order valence-electron chi connectivity index (χ4n) is 2.14. The lowest BCUT2D eigenvalue weighted by Gasteiger charge is -2.18. The van der Waals surface area contributed by atoms with Gasteiger partial charge in [-0.3, -0.25) is 9.59 Å². The Hall–Kier alpha value is -2.37. The first kappa shape index (κ1) is 19.7. The van der Waals surface area contributed by atoms with Crippen molar-refractivity contribution in [2.75, 3.05) is 0 Å². The standard InChI is InChI=1S/C18H26N2O4/c1-4-5-6-15(21)19-11-13-7-9-14(10-8-13)17(22)20-16(12(2)3)18(23)24/h7-10,12,16H,4-6,11H2,1-3H3,(H,19,21)(H,20,22)(H,23,24). The summed E-state index contributed by atoms with van der Waals surface area (Å²) in [5, 5.41) is 14.5. The zero-order valence-corrected chi connectivity index (χ0v) is 14.5. The van der Waals surface area contributed by atoms with Gasteiger partial charge in [0.15, 0.2) is 0 Å². The molecule has 0 radical (unpaired) electrons. The molecule has 0 aromatic heterocycles. The molecule has 0 aliphatic heterocycles. The molecule has 0 aliphatic rings. The number of unbranched alkanes of at least 4 members (excludes halogenated alkanes) is 1. The maximum Gasteiger partial charge on any atom is 0.326 e. The van der Waals surface area contributed by atoms with Crippen LogP contribution in [0, 0.1) is 5.92 Å². The monoisotopic (exact) mass is 334 g/mol. The van der Waals surface area contributed by atoms with Crippen LogP contribution in [0.5, 0.6) is 0 Å². The van der Waals surface area contributed by atoms with Gasteiger partial charge < -0.3 is 15.7 Å². The van der Waals surface area contributed by atoms with Gasteiger partial charge in [-0.05, 0) is 30.0 Å². The van der Waals surface area contributed by atoms with E-state index in [4.69, 9.17) is 5.11 Å². The highest BCUT2D eigenvalue weighted by atomic mass is 16.4. The minimum atomic E-state index is -1.05. The molecule has 1 aromatic carbocycles. The SMILES string of the molecule is CCCCC(=O)NCc1ccc(C(=O)NC(C(=O)O)C(C)C)cc1. The van der Waals surface area contributed by atoms with Crippen molar-refractivity contribution in [2.45, 2.75) is 52.6 Å². The highest BCUT2D eigenvalue weighted by Gasteiger charge is 2.23. The van der Waals surface area contributed by atoms with Gasteiger partial charge in [0.05, 0.1) is 0 Å². The zero-order valence-electron chi connectivity index (χ0n) is 14.5. The Balaban J connectivity index is 2.58. The summed E-state index contributed by atoms with van der Waals surface area (Å²) in [7, 11) is 0. The predicted octanol–water partition coefficient (Wildman–Crippen LogP) is 2.33. The van der Waals surface area contributed by atoms with E-state index in [-0.39, 0.29) is 11.8 Å². The minimum absolute atomic E-state index is 0.0138. The Kier molecular flexibility index (Phi) is 7.95. The summed E-state index contributed by atoms with van der Waals surface area (Å²) in [4.78, 5) is 34.8. The van der Waals surface area contributed by atoms with Crippen LogP contribution in [0.2, 0.25) is 0 Å². The molecule has 3 N–H and O–H groups in total. The van der Waals surface area contributed by atoms with Gasteiger partial charge in [-0.1, -0.05) is 39.3 Å². The molecule has 0 saturated carbocycles. The summed E-state index contributed by atoms with van der Waals surface area (Å²) in [5.74, 6) is -1.66. The first-order valence-corrected chi connectivity index (χ1v) is 8.24. The van der Waals surface area contributed by atoms with Crippen molar-refractivity contribution < 1.29 is 19.5 Å². The fourth-order valence-corrected chi connectivity index (χ4v) is 2.14. The topological polar surface area (TPSA) is 95.5 Å². The molecule has 0 bridgehead atoms. The van der Waals surface area contributed by atoms with Crippen molar-refractivity contribution >= 4 is 17.8 Å². The minimum Gasteiger partial charge on any atom is -0.480 e. The van der Waals surface area contributed by atoms with Crippen LogP contribution in [0.4, 0.5) is 0 Å². The van der Waals surface area contributed by atoms with E-state index in [1.54, 1.807) is 38.1 Å². The number of rotatable bonds is 9. The third-order valence-electron chi connectivity index (χ3n) is 3.68. The Morgan fingerprint density at radius 1 is 1.12 bits per heavy atom. The Morgan fingerprint density at radius 2 is 1.75 bits per heavy atom. The van der Waals surface area contributed by atoms with Gasteiger partial charge in [0.1, 0.15) is 6.04 Å². The first-order valence-electron chi connectivity index (χ1n) is 8.24. The first-order chi connectivity index (χ1) is 11.3. The van der Waals surface area contributed by atoms with Crippen molar-refractivity contribution in [3.05, 3.63) is 35.4 Å². The summed E-state index contributed by atoms with van der Waals surface area (Å²) >= 11 is 0. The molecule has 0 fully saturated rings. The number of amides is 2. The number of carboxylic acids is 1. The molecule has 1 rings (SSSR count). The molecule has 0 heterocycles. The quantitative estimate of drug-likeness (QED) is 0.646. The van der Waals surface area contributed by atoms with E-state index < -0.39 is 17.9 Å². The van der Waals surface area contributed by atoms with Crippen LogP contribution in [0.3, 0.4) is 0 Å². The van der Waals surface area contributed by atoms with Crippen molar-refractivity contribution in [3.8, 4) is 0 Å². The Bertz CT molecular complexity index is 567. The normalized spacial score (nSPS) is 11.8. The average Bonchev–Trinajstić information content (AvgIpc) is 2.55. The summed E-state index contributed by atoms with van der Waals surface area (Å²) in [6.07, 6.45) is 2.36. The van der Waals surface area contributed by atoms with E-state index in [1.165, 1.54) is 0 Å². The lowest BCUT2D eigenvalue weighted by atomic mass is 10.0. The molecule has 0 aliphatic carbocycles. The molecule has 24 heavy (non-hydrogen) atoms. The van der Waals surface area contributed by atoms with E-state index >= 15 is 0 Å². The molecule has 0 spiro atoms. The molecule has 1 atom stereocenters. The number of hydrogen-bond acceptors (Lipinski definition) is 3. The number of aliphatic carboxylic acids is 1. The molecule has 0 saturated heterocycles. The summed E-state index contributed by atoms with van der Waals surface area (Å²) in [6.45, 7) is 5.92. The van der Waals surface area contributed by atoms with Gasteiger partial charge in [0.25, 0.3) is 5.91 Å². The van der Waals surface area contributed by atoms with Gasteiger partial charge >= 0.3 is 5.97 Å². The predicted molar refractivity (Wildman–Crippen MR) is 91.5 cm³/mol. The number of nitrogens with one attached hydrogen (secondary N) is 2. The lowest BCUT2D eigenvalue weighted by molar-refractivity contribution is -0.140. The average molecular weight is 334 g/mol. The number of benzene rings is 1. The van der Waals surface area contributed by atoms with Crippen LogP contribution in [-0.4, -0.2) is 28.9 Å². The van der Waals surface area contributed by atoms with E-state index in [0.29, 0.717) is 18.5 Å². The number of carbonyl (C=O) groups excluding carboxylic acids is 2.